The summed E-state index contributed by atoms with van der Waals surface area (Å²) in [7, 11) is 0. The maximum Gasteiger partial charge on any atom is 0.161 e. The lowest BCUT2D eigenvalue weighted by atomic mass is 10.2. The van der Waals surface area contributed by atoms with Crippen LogP contribution in [0.2, 0.25) is 5.02 Å². The van der Waals surface area contributed by atoms with E-state index in [1.807, 2.05) is 18.2 Å². The summed E-state index contributed by atoms with van der Waals surface area (Å²) in [5.74, 6) is 1.51. The predicted octanol–water partition coefficient (Wildman–Crippen LogP) is 5.71. The number of hydrogen-bond acceptors (Lipinski definition) is 3. The standard InChI is InChI=1S/C15H16Br2ClN3/c1-3-7-19-15-13(17)12(4-2)20-14(21-15)9-5-6-10(16)11(18)8-9/h5-6,8H,3-4,7H2,1-2H3,(H,19,20,21). The Bertz CT molecular complexity index is 647. The van der Waals surface area contributed by atoms with Gasteiger partial charge in [0.25, 0.3) is 0 Å². The smallest absolute Gasteiger partial charge is 0.161 e. The SMILES string of the molecule is CCCNc1nc(-c2ccc(Br)c(Cl)c2)nc(CC)c1Br. The Balaban J connectivity index is 2.49. The van der Waals surface area contributed by atoms with E-state index in [1.165, 1.54) is 0 Å². The summed E-state index contributed by atoms with van der Waals surface area (Å²) in [6.45, 7) is 5.08. The van der Waals surface area contributed by atoms with Crippen molar-refractivity contribution in [3.05, 3.63) is 37.9 Å². The lowest BCUT2D eigenvalue weighted by molar-refractivity contribution is 0.944. The van der Waals surface area contributed by atoms with Gasteiger partial charge in [-0.05, 0) is 62.9 Å². The second kappa shape index (κ2) is 7.56. The largest absolute Gasteiger partial charge is 0.369 e. The summed E-state index contributed by atoms with van der Waals surface area (Å²) in [6, 6.07) is 5.74. The number of halogens is 3. The molecule has 112 valence electrons. The summed E-state index contributed by atoms with van der Waals surface area (Å²) >= 11 is 13.1. The summed E-state index contributed by atoms with van der Waals surface area (Å²) in [5, 5.41) is 3.99. The molecule has 1 aromatic carbocycles. The highest BCUT2D eigenvalue weighted by Gasteiger charge is 2.13. The summed E-state index contributed by atoms with van der Waals surface area (Å²) in [5.41, 5.74) is 1.89. The van der Waals surface area contributed by atoms with Crippen molar-refractivity contribution in [3.63, 3.8) is 0 Å². The highest BCUT2D eigenvalue weighted by atomic mass is 79.9. The van der Waals surface area contributed by atoms with Crippen LogP contribution in [0.3, 0.4) is 0 Å². The molecule has 0 aliphatic carbocycles. The van der Waals surface area contributed by atoms with Crippen LogP contribution in [0.5, 0.6) is 0 Å². The molecular weight excluding hydrogens is 417 g/mol. The Hall–Kier alpha value is -0.650. The molecule has 0 saturated carbocycles. The van der Waals surface area contributed by atoms with E-state index in [1.54, 1.807) is 0 Å². The van der Waals surface area contributed by atoms with Gasteiger partial charge in [-0.15, -0.1) is 0 Å². The Labute approximate surface area is 146 Å². The maximum atomic E-state index is 6.16. The quantitative estimate of drug-likeness (QED) is 0.657. The maximum absolute atomic E-state index is 6.16. The fourth-order valence-corrected chi connectivity index (χ4v) is 2.88. The zero-order valence-corrected chi connectivity index (χ0v) is 15.8. The van der Waals surface area contributed by atoms with Crippen molar-refractivity contribution in [3.8, 4) is 11.4 Å². The van der Waals surface area contributed by atoms with E-state index in [9.17, 15) is 0 Å². The van der Waals surface area contributed by atoms with Crippen LogP contribution in [0.15, 0.2) is 27.1 Å². The van der Waals surface area contributed by atoms with Crippen LogP contribution < -0.4 is 5.32 Å². The summed E-state index contributed by atoms with van der Waals surface area (Å²) in [6.07, 6.45) is 1.87. The van der Waals surface area contributed by atoms with Gasteiger partial charge < -0.3 is 5.32 Å². The zero-order valence-electron chi connectivity index (χ0n) is 11.9. The molecule has 1 heterocycles. The summed E-state index contributed by atoms with van der Waals surface area (Å²) in [4.78, 5) is 9.24. The lowest BCUT2D eigenvalue weighted by Crippen LogP contribution is -2.07. The molecule has 2 rings (SSSR count). The number of nitrogens with one attached hydrogen (secondary N) is 1. The van der Waals surface area contributed by atoms with Gasteiger partial charge in [0.15, 0.2) is 5.82 Å². The van der Waals surface area contributed by atoms with E-state index in [2.05, 4.69) is 61.0 Å². The minimum Gasteiger partial charge on any atom is -0.369 e. The molecule has 0 aliphatic rings. The number of aryl methyl sites for hydroxylation is 1. The second-order valence-corrected chi connectivity index (χ2v) is 6.62. The van der Waals surface area contributed by atoms with E-state index in [-0.39, 0.29) is 0 Å². The van der Waals surface area contributed by atoms with Crippen LogP contribution in [-0.4, -0.2) is 16.5 Å². The highest BCUT2D eigenvalue weighted by Crippen LogP contribution is 2.31. The third-order valence-electron chi connectivity index (χ3n) is 2.97. The van der Waals surface area contributed by atoms with Crippen LogP contribution in [0, 0.1) is 0 Å². The molecule has 0 atom stereocenters. The minimum absolute atomic E-state index is 0.653. The van der Waals surface area contributed by atoms with Crippen molar-refractivity contribution in [2.45, 2.75) is 26.7 Å². The molecule has 6 heteroatoms. The first-order valence-electron chi connectivity index (χ1n) is 6.82. The molecule has 0 bridgehead atoms. The monoisotopic (exact) mass is 431 g/mol. The van der Waals surface area contributed by atoms with Crippen molar-refractivity contribution in [2.24, 2.45) is 0 Å². The first-order valence-corrected chi connectivity index (χ1v) is 8.78. The topological polar surface area (TPSA) is 37.8 Å². The highest BCUT2D eigenvalue weighted by molar-refractivity contribution is 9.11. The zero-order chi connectivity index (χ0) is 15.4. The van der Waals surface area contributed by atoms with Gasteiger partial charge in [0.05, 0.1) is 15.2 Å². The molecule has 3 nitrogen and oxygen atoms in total. The van der Waals surface area contributed by atoms with Gasteiger partial charge in [-0.3, -0.25) is 0 Å². The molecule has 1 aromatic heterocycles. The van der Waals surface area contributed by atoms with Gasteiger partial charge in [-0.1, -0.05) is 25.4 Å². The number of aromatic nitrogens is 2. The van der Waals surface area contributed by atoms with Crippen molar-refractivity contribution >= 4 is 49.3 Å². The molecule has 0 fully saturated rings. The molecule has 0 aliphatic heterocycles. The number of benzene rings is 1. The number of hydrogen-bond donors (Lipinski definition) is 1. The van der Waals surface area contributed by atoms with E-state index in [0.717, 1.165) is 45.4 Å². The Kier molecular flexibility index (Phi) is 6.02. The average molecular weight is 434 g/mol. The first-order chi connectivity index (χ1) is 10.1. The Morgan fingerprint density at radius 1 is 1.19 bits per heavy atom. The fraction of sp³-hybridized carbons (Fsp3) is 0.333. The van der Waals surface area contributed by atoms with Crippen LogP contribution in [0.4, 0.5) is 5.82 Å². The van der Waals surface area contributed by atoms with Gasteiger partial charge >= 0.3 is 0 Å². The number of nitrogens with zero attached hydrogens (tertiary/aromatic N) is 2. The molecule has 2 aromatic rings. The molecular formula is C15H16Br2ClN3. The molecule has 1 N–H and O–H groups in total. The normalized spacial score (nSPS) is 10.7. The van der Waals surface area contributed by atoms with Crippen LogP contribution in [0.25, 0.3) is 11.4 Å². The third-order valence-corrected chi connectivity index (χ3v) is 5.04. The fourth-order valence-electron chi connectivity index (χ4n) is 1.85. The average Bonchev–Trinajstić information content (AvgIpc) is 2.49. The van der Waals surface area contributed by atoms with Gasteiger partial charge in [0.2, 0.25) is 0 Å². The van der Waals surface area contributed by atoms with Crippen molar-refractivity contribution in [1.29, 1.82) is 0 Å². The molecule has 0 saturated heterocycles. The van der Waals surface area contributed by atoms with E-state index in [4.69, 9.17) is 11.6 Å². The van der Waals surface area contributed by atoms with Gasteiger partial charge in [-0.2, -0.15) is 0 Å². The van der Waals surface area contributed by atoms with Crippen molar-refractivity contribution < 1.29 is 0 Å². The molecule has 0 amide bonds. The molecule has 21 heavy (non-hydrogen) atoms. The molecule has 0 spiro atoms. The van der Waals surface area contributed by atoms with E-state index in [0.29, 0.717) is 10.8 Å². The van der Waals surface area contributed by atoms with Crippen molar-refractivity contribution in [2.75, 3.05) is 11.9 Å². The van der Waals surface area contributed by atoms with Crippen LogP contribution in [0.1, 0.15) is 26.0 Å². The third kappa shape index (κ3) is 3.96. The summed E-state index contributed by atoms with van der Waals surface area (Å²) < 4.78 is 1.80. The molecule has 0 radical (unpaired) electrons. The van der Waals surface area contributed by atoms with Gasteiger partial charge in [-0.25, -0.2) is 9.97 Å². The second-order valence-electron chi connectivity index (χ2n) is 4.57. The lowest BCUT2D eigenvalue weighted by Gasteiger charge is -2.12. The van der Waals surface area contributed by atoms with Crippen LogP contribution in [-0.2, 0) is 6.42 Å². The first kappa shape index (κ1) is 16.7. The molecule has 0 unspecified atom stereocenters. The van der Waals surface area contributed by atoms with Crippen LogP contribution >= 0.6 is 43.5 Å². The van der Waals surface area contributed by atoms with E-state index >= 15 is 0 Å². The van der Waals surface area contributed by atoms with E-state index < -0.39 is 0 Å². The minimum atomic E-state index is 0.653. The Morgan fingerprint density at radius 3 is 2.57 bits per heavy atom. The number of anilines is 1. The number of rotatable bonds is 5. The van der Waals surface area contributed by atoms with Gasteiger partial charge in [0, 0.05) is 16.6 Å². The van der Waals surface area contributed by atoms with Crippen molar-refractivity contribution in [1.82, 2.24) is 9.97 Å². The Morgan fingerprint density at radius 2 is 1.95 bits per heavy atom. The predicted molar refractivity (Wildman–Crippen MR) is 96.0 cm³/mol. The van der Waals surface area contributed by atoms with Gasteiger partial charge in [0.1, 0.15) is 5.82 Å².